The summed E-state index contributed by atoms with van der Waals surface area (Å²) < 4.78 is 5.24. The zero-order valence-electron chi connectivity index (χ0n) is 15.5. The molecule has 0 radical (unpaired) electrons. The molecular weight excluding hydrogens is 394 g/mol. The minimum absolute atomic E-state index is 0.136. The lowest BCUT2D eigenvalue weighted by atomic mass is 10.1. The number of amides is 1. The van der Waals surface area contributed by atoms with Crippen LogP contribution < -0.4 is 15.4 Å². The largest absolute Gasteiger partial charge is 0.495 e. The Hall–Kier alpha value is -3.58. The highest BCUT2D eigenvalue weighted by Gasteiger charge is 2.18. The third-order valence-electron chi connectivity index (χ3n) is 4.19. The second-order valence-corrected chi connectivity index (χ2v) is 6.56. The molecule has 3 rings (SSSR count). The standard InChI is InChI=1S/C21H18ClN3O4/c1-29-20-10-7-15(22)11-19(20)24-21(26)17-12-16(25(27)28)8-9-18(17)23-13-14-5-3-2-4-6-14/h2-12,23H,13H2,1H3,(H,24,26). The van der Waals surface area contributed by atoms with Crippen molar-refractivity contribution in [2.45, 2.75) is 6.54 Å². The second-order valence-electron chi connectivity index (χ2n) is 6.12. The van der Waals surface area contributed by atoms with Crippen molar-refractivity contribution in [3.8, 4) is 5.75 Å². The molecule has 0 saturated heterocycles. The zero-order valence-corrected chi connectivity index (χ0v) is 16.3. The summed E-state index contributed by atoms with van der Waals surface area (Å²) in [5.74, 6) is -0.100. The number of methoxy groups -OCH3 is 1. The van der Waals surface area contributed by atoms with Crippen LogP contribution in [0.3, 0.4) is 0 Å². The fourth-order valence-electron chi connectivity index (χ4n) is 2.75. The van der Waals surface area contributed by atoms with Crippen molar-refractivity contribution in [3.05, 3.63) is 93.0 Å². The average Bonchev–Trinajstić information content (AvgIpc) is 2.73. The number of nitrogens with zero attached hydrogens (tertiary/aromatic N) is 1. The predicted molar refractivity (Wildman–Crippen MR) is 113 cm³/mol. The molecule has 8 heteroatoms. The number of nitro groups is 1. The van der Waals surface area contributed by atoms with Crippen LogP contribution in [0.2, 0.25) is 5.02 Å². The summed E-state index contributed by atoms with van der Waals surface area (Å²) in [7, 11) is 1.47. The number of hydrogen-bond acceptors (Lipinski definition) is 5. The van der Waals surface area contributed by atoms with E-state index in [0.29, 0.717) is 28.7 Å². The summed E-state index contributed by atoms with van der Waals surface area (Å²) in [6.07, 6.45) is 0. The van der Waals surface area contributed by atoms with Gasteiger partial charge in [-0.2, -0.15) is 0 Å². The summed E-state index contributed by atoms with van der Waals surface area (Å²) in [5, 5.41) is 17.5. The summed E-state index contributed by atoms with van der Waals surface area (Å²) in [4.78, 5) is 23.6. The van der Waals surface area contributed by atoms with Crippen molar-refractivity contribution in [1.82, 2.24) is 0 Å². The van der Waals surface area contributed by atoms with Crippen molar-refractivity contribution < 1.29 is 14.5 Å². The molecule has 3 aromatic rings. The van der Waals surface area contributed by atoms with Gasteiger partial charge in [-0.05, 0) is 29.8 Å². The normalized spacial score (nSPS) is 10.3. The van der Waals surface area contributed by atoms with Crippen LogP contribution in [-0.2, 0) is 6.54 Å². The van der Waals surface area contributed by atoms with Crippen LogP contribution in [0.4, 0.5) is 17.1 Å². The lowest BCUT2D eigenvalue weighted by molar-refractivity contribution is -0.384. The molecule has 148 valence electrons. The Kier molecular flexibility index (Phi) is 6.31. The number of nitro benzene ring substituents is 1. The first-order valence-corrected chi connectivity index (χ1v) is 9.07. The molecule has 0 heterocycles. The molecular formula is C21H18ClN3O4. The molecule has 0 saturated carbocycles. The fraction of sp³-hybridized carbons (Fsp3) is 0.0952. The Bertz CT molecular complexity index is 1040. The van der Waals surface area contributed by atoms with E-state index in [4.69, 9.17) is 16.3 Å². The smallest absolute Gasteiger partial charge is 0.270 e. The maximum Gasteiger partial charge on any atom is 0.270 e. The van der Waals surface area contributed by atoms with Gasteiger partial charge in [0.1, 0.15) is 5.75 Å². The van der Waals surface area contributed by atoms with Crippen molar-refractivity contribution in [2.24, 2.45) is 0 Å². The van der Waals surface area contributed by atoms with Gasteiger partial charge in [0, 0.05) is 29.4 Å². The number of rotatable bonds is 7. The first kappa shape index (κ1) is 20.2. The monoisotopic (exact) mass is 411 g/mol. The molecule has 0 atom stereocenters. The van der Waals surface area contributed by atoms with E-state index in [0.717, 1.165) is 5.56 Å². The number of hydrogen-bond donors (Lipinski definition) is 2. The molecule has 0 aromatic heterocycles. The summed E-state index contributed by atoms with van der Waals surface area (Å²) in [6, 6.07) is 18.5. The van der Waals surface area contributed by atoms with Gasteiger partial charge >= 0.3 is 0 Å². The molecule has 7 nitrogen and oxygen atoms in total. The first-order chi connectivity index (χ1) is 14.0. The average molecular weight is 412 g/mol. The Balaban J connectivity index is 1.90. The molecule has 0 aliphatic rings. The maximum atomic E-state index is 12.9. The highest BCUT2D eigenvalue weighted by molar-refractivity contribution is 6.31. The maximum absolute atomic E-state index is 12.9. The highest BCUT2D eigenvalue weighted by Crippen LogP contribution is 2.30. The molecule has 29 heavy (non-hydrogen) atoms. The Morgan fingerprint density at radius 3 is 2.52 bits per heavy atom. The molecule has 1 amide bonds. The minimum Gasteiger partial charge on any atom is -0.495 e. The molecule has 0 bridgehead atoms. The van der Waals surface area contributed by atoms with Gasteiger partial charge in [-0.15, -0.1) is 0 Å². The number of ether oxygens (including phenoxy) is 1. The van der Waals surface area contributed by atoms with E-state index in [1.165, 1.54) is 25.3 Å². The van der Waals surface area contributed by atoms with Gasteiger partial charge in [0.2, 0.25) is 0 Å². The Morgan fingerprint density at radius 2 is 1.83 bits per heavy atom. The van der Waals surface area contributed by atoms with E-state index in [9.17, 15) is 14.9 Å². The number of anilines is 2. The Labute approximate surface area is 172 Å². The molecule has 0 fully saturated rings. The molecule has 2 N–H and O–H groups in total. The second kappa shape index (κ2) is 9.07. The molecule has 3 aromatic carbocycles. The van der Waals surface area contributed by atoms with E-state index in [1.54, 1.807) is 18.2 Å². The SMILES string of the molecule is COc1ccc(Cl)cc1NC(=O)c1cc([N+](=O)[O-])ccc1NCc1ccccc1. The lowest BCUT2D eigenvalue weighted by Gasteiger charge is -2.14. The molecule has 0 aliphatic carbocycles. The topological polar surface area (TPSA) is 93.5 Å². The van der Waals surface area contributed by atoms with Crippen molar-refractivity contribution in [1.29, 1.82) is 0 Å². The summed E-state index contributed by atoms with van der Waals surface area (Å²) in [5.41, 5.74) is 1.80. The first-order valence-electron chi connectivity index (χ1n) is 8.69. The highest BCUT2D eigenvalue weighted by atomic mass is 35.5. The van der Waals surface area contributed by atoms with Crippen LogP contribution >= 0.6 is 11.6 Å². The van der Waals surface area contributed by atoms with Crippen LogP contribution in [0, 0.1) is 10.1 Å². The third-order valence-corrected chi connectivity index (χ3v) is 4.43. The van der Waals surface area contributed by atoms with Gasteiger partial charge in [0.15, 0.2) is 0 Å². The van der Waals surface area contributed by atoms with E-state index >= 15 is 0 Å². The van der Waals surface area contributed by atoms with Gasteiger partial charge in [-0.3, -0.25) is 14.9 Å². The van der Waals surface area contributed by atoms with Crippen LogP contribution in [0.1, 0.15) is 15.9 Å². The van der Waals surface area contributed by atoms with Gasteiger partial charge < -0.3 is 15.4 Å². The van der Waals surface area contributed by atoms with Gasteiger partial charge in [0.05, 0.1) is 23.3 Å². The van der Waals surface area contributed by atoms with Gasteiger partial charge in [-0.25, -0.2) is 0 Å². The molecule has 0 aliphatic heterocycles. The molecule has 0 unspecified atom stereocenters. The fourth-order valence-corrected chi connectivity index (χ4v) is 2.92. The third kappa shape index (κ3) is 5.03. The quantitative estimate of drug-likeness (QED) is 0.415. The van der Waals surface area contributed by atoms with Crippen LogP contribution in [0.5, 0.6) is 5.75 Å². The number of carbonyl (C=O) groups excluding carboxylic acids is 1. The minimum atomic E-state index is -0.544. The zero-order chi connectivity index (χ0) is 20.8. The van der Waals surface area contributed by atoms with Gasteiger partial charge in [0.25, 0.3) is 11.6 Å². The number of carbonyl (C=O) groups is 1. The van der Waals surface area contributed by atoms with Crippen LogP contribution in [0.15, 0.2) is 66.7 Å². The van der Waals surface area contributed by atoms with Crippen molar-refractivity contribution in [3.63, 3.8) is 0 Å². The van der Waals surface area contributed by atoms with Crippen LogP contribution in [0.25, 0.3) is 0 Å². The summed E-state index contributed by atoms with van der Waals surface area (Å²) in [6.45, 7) is 0.458. The van der Waals surface area contributed by atoms with Crippen molar-refractivity contribution >= 4 is 34.6 Å². The van der Waals surface area contributed by atoms with E-state index < -0.39 is 10.8 Å². The van der Waals surface area contributed by atoms with E-state index in [-0.39, 0.29) is 11.3 Å². The number of nitrogens with one attached hydrogen (secondary N) is 2. The van der Waals surface area contributed by atoms with E-state index in [2.05, 4.69) is 10.6 Å². The molecule has 0 spiro atoms. The van der Waals surface area contributed by atoms with E-state index in [1.807, 2.05) is 30.3 Å². The lowest BCUT2D eigenvalue weighted by Crippen LogP contribution is -2.16. The number of halogens is 1. The van der Waals surface area contributed by atoms with Gasteiger partial charge in [-0.1, -0.05) is 41.9 Å². The Morgan fingerprint density at radius 1 is 1.07 bits per heavy atom. The number of benzene rings is 3. The predicted octanol–water partition coefficient (Wildman–Crippen LogP) is 5.12. The summed E-state index contributed by atoms with van der Waals surface area (Å²) >= 11 is 6.01. The van der Waals surface area contributed by atoms with Crippen molar-refractivity contribution in [2.75, 3.05) is 17.7 Å². The van der Waals surface area contributed by atoms with Crippen LogP contribution in [-0.4, -0.2) is 17.9 Å². The number of non-ortho nitro benzene ring substituents is 1.